The molecule has 0 amide bonds. The lowest BCUT2D eigenvalue weighted by Crippen LogP contribution is -1.96. The van der Waals surface area contributed by atoms with Crippen molar-refractivity contribution in [1.82, 2.24) is 4.98 Å². The van der Waals surface area contributed by atoms with E-state index in [2.05, 4.69) is 58.9 Å². The minimum Gasteiger partial charge on any atom is -0.254 e. The van der Waals surface area contributed by atoms with E-state index in [4.69, 9.17) is 9.98 Å². The molecule has 1 heterocycles. The van der Waals surface area contributed by atoms with Crippen LogP contribution in [0.3, 0.4) is 0 Å². The van der Waals surface area contributed by atoms with E-state index in [0.29, 0.717) is 11.8 Å². The first-order valence-corrected chi connectivity index (χ1v) is 9.52. The van der Waals surface area contributed by atoms with Crippen molar-refractivity contribution in [1.29, 1.82) is 0 Å². The molecule has 27 heavy (non-hydrogen) atoms. The van der Waals surface area contributed by atoms with Crippen molar-refractivity contribution in [2.45, 2.75) is 39.5 Å². The highest BCUT2D eigenvalue weighted by atomic mass is 14.8. The van der Waals surface area contributed by atoms with Gasteiger partial charge in [-0.2, -0.15) is 0 Å². The van der Waals surface area contributed by atoms with Crippen molar-refractivity contribution in [2.24, 2.45) is 4.99 Å². The number of aromatic nitrogens is 1. The molecule has 2 nitrogen and oxygen atoms in total. The number of nitrogens with zero attached hydrogens (tertiary/aromatic N) is 2. The average molecular weight is 356 g/mol. The molecule has 0 aliphatic rings. The lowest BCUT2D eigenvalue weighted by atomic mass is 9.93. The van der Waals surface area contributed by atoms with Crippen LogP contribution in [0.1, 0.15) is 61.9 Å². The van der Waals surface area contributed by atoms with Crippen LogP contribution < -0.4 is 0 Å². The lowest BCUT2D eigenvalue weighted by molar-refractivity contribution is 0.835. The summed E-state index contributed by atoms with van der Waals surface area (Å²) in [6.07, 6.45) is 1.88. The topological polar surface area (TPSA) is 25.2 Å². The second-order valence-corrected chi connectivity index (χ2v) is 7.46. The summed E-state index contributed by atoms with van der Waals surface area (Å²) in [4.78, 5) is 9.65. The fourth-order valence-corrected chi connectivity index (χ4v) is 3.24. The number of rotatable bonds is 5. The van der Waals surface area contributed by atoms with Gasteiger partial charge in [0.2, 0.25) is 0 Å². The van der Waals surface area contributed by atoms with Crippen molar-refractivity contribution in [3.8, 4) is 11.3 Å². The van der Waals surface area contributed by atoms with Crippen molar-refractivity contribution < 1.29 is 0 Å². The number of pyridine rings is 1. The summed E-state index contributed by atoms with van der Waals surface area (Å²) in [7, 11) is 0. The Morgan fingerprint density at radius 3 is 2.07 bits per heavy atom. The third-order valence-corrected chi connectivity index (χ3v) is 4.73. The number of benzene rings is 2. The summed E-state index contributed by atoms with van der Waals surface area (Å²) in [5.74, 6) is 0.848. The Bertz CT molecular complexity index is 926. The second-order valence-electron chi connectivity index (χ2n) is 7.46. The fourth-order valence-electron chi connectivity index (χ4n) is 3.24. The van der Waals surface area contributed by atoms with Gasteiger partial charge in [-0.1, -0.05) is 76.2 Å². The van der Waals surface area contributed by atoms with Crippen LogP contribution in [0.4, 0.5) is 5.69 Å². The zero-order valence-corrected chi connectivity index (χ0v) is 16.6. The van der Waals surface area contributed by atoms with Gasteiger partial charge in [0.1, 0.15) is 0 Å². The SMILES string of the molecule is [CH2]c1ccccc1-c1cccc(C=Nc2c(C(C)C)cccc2C(C)C)n1. The van der Waals surface area contributed by atoms with Gasteiger partial charge < -0.3 is 0 Å². The number of aliphatic imine (C=N–C) groups is 1. The zero-order chi connectivity index (χ0) is 19.4. The lowest BCUT2D eigenvalue weighted by Gasteiger charge is -2.16. The van der Waals surface area contributed by atoms with Crippen molar-refractivity contribution in [2.75, 3.05) is 0 Å². The molecule has 0 fully saturated rings. The summed E-state index contributed by atoms with van der Waals surface area (Å²) in [6.45, 7) is 13.0. The van der Waals surface area contributed by atoms with Crippen molar-refractivity contribution in [3.05, 3.63) is 90.0 Å². The predicted octanol–water partition coefficient (Wildman–Crippen LogP) is 6.93. The first-order valence-electron chi connectivity index (χ1n) is 9.52. The van der Waals surface area contributed by atoms with Gasteiger partial charge in [-0.15, -0.1) is 0 Å². The van der Waals surface area contributed by atoms with Gasteiger partial charge in [0, 0.05) is 5.56 Å². The Morgan fingerprint density at radius 1 is 0.815 bits per heavy atom. The smallest absolute Gasteiger partial charge is 0.0820 e. The molecule has 0 atom stereocenters. The molecule has 0 unspecified atom stereocenters. The van der Waals surface area contributed by atoms with Gasteiger partial charge in [0.05, 0.1) is 23.3 Å². The summed E-state index contributed by atoms with van der Waals surface area (Å²) in [5.41, 5.74) is 7.43. The van der Waals surface area contributed by atoms with E-state index in [-0.39, 0.29) is 0 Å². The van der Waals surface area contributed by atoms with Gasteiger partial charge >= 0.3 is 0 Å². The first kappa shape index (κ1) is 19.0. The highest BCUT2D eigenvalue weighted by molar-refractivity contribution is 5.82. The van der Waals surface area contributed by atoms with Crippen LogP contribution in [0.25, 0.3) is 11.3 Å². The zero-order valence-electron chi connectivity index (χ0n) is 16.6. The fraction of sp³-hybridized carbons (Fsp3) is 0.240. The summed E-state index contributed by atoms with van der Waals surface area (Å²) < 4.78 is 0. The molecule has 0 spiro atoms. The number of para-hydroxylation sites is 1. The van der Waals surface area contributed by atoms with Crippen LogP contribution in [-0.2, 0) is 0 Å². The molecule has 2 aromatic carbocycles. The van der Waals surface area contributed by atoms with E-state index in [1.165, 1.54) is 11.1 Å². The van der Waals surface area contributed by atoms with Gasteiger partial charge in [-0.05, 0) is 47.6 Å². The van der Waals surface area contributed by atoms with E-state index in [1.807, 2.05) is 42.6 Å². The monoisotopic (exact) mass is 355 g/mol. The van der Waals surface area contributed by atoms with Crippen molar-refractivity contribution in [3.63, 3.8) is 0 Å². The highest BCUT2D eigenvalue weighted by Crippen LogP contribution is 2.34. The number of hydrogen-bond acceptors (Lipinski definition) is 2. The molecule has 0 saturated heterocycles. The molecule has 0 aliphatic heterocycles. The average Bonchev–Trinajstić information content (AvgIpc) is 2.66. The van der Waals surface area contributed by atoms with Crippen LogP contribution in [0.5, 0.6) is 0 Å². The van der Waals surface area contributed by atoms with E-state index in [9.17, 15) is 0 Å². The van der Waals surface area contributed by atoms with Gasteiger partial charge in [-0.25, -0.2) is 4.98 Å². The quantitative estimate of drug-likeness (QED) is 0.456. The van der Waals surface area contributed by atoms with Crippen LogP contribution in [0.15, 0.2) is 65.7 Å². The molecule has 2 heteroatoms. The third-order valence-electron chi connectivity index (χ3n) is 4.73. The van der Waals surface area contributed by atoms with E-state index in [0.717, 1.165) is 28.2 Å². The predicted molar refractivity (Wildman–Crippen MR) is 116 cm³/mol. The molecule has 0 aliphatic carbocycles. The van der Waals surface area contributed by atoms with Gasteiger partial charge in [0.15, 0.2) is 0 Å². The van der Waals surface area contributed by atoms with Gasteiger partial charge in [-0.3, -0.25) is 4.99 Å². The molecule has 1 aromatic heterocycles. The first-order chi connectivity index (χ1) is 13.0. The Balaban J connectivity index is 2.01. The number of hydrogen-bond donors (Lipinski definition) is 0. The van der Waals surface area contributed by atoms with Crippen LogP contribution in [0, 0.1) is 6.92 Å². The Hall–Kier alpha value is -2.74. The summed E-state index contributed by atoms with van der Waals surface area (Å²) in [5, 5.41) is 0. The molecule has 0 saturated carbocycles. The van der Waals surface area contributed by atoms with Crippen molar-refractivity contribution >= 4 is 11.9 Å². The second kappa shape index (κ2) is 8.30. The molecule has 0 bridgehead atoms. The Kier molecular flexibility index (Phi) is 5.85. The minimum atomic E-state index is 0.424. The Labute approximate surface area is 163 Å². The molecule has 137 valence electrons. The molecular formula is C25H27N2. The standard InChI is InChI=1S/C25H27N2/c1-17(2)21-13-9-14-22(18(3)4)25(21)26-16-20-11-8-15-24(27-20)23-12-7-6-10-19(23)5/h6-18H,5H2,1-4H3. The molecule has 3 rings (SSSR count). The molecule has 3 aromatic rings. The summed E-state index contributed by atoms with van der Waals surface area (Å²) in [6, 6.07) is 20.6. The minimum absolute atomic E-state index is 0.424. The highest BCUT2D eigenvalue weighted by Gasteiger charge is 2.12. The third kappa shape index (κ3) is 4.33. The maximum atomic E-state index is 4.87. The molecule has 1 radical (unpaired) electrons. The maximum absolute atomic E-state index is 4.87. The van der Waals surface area contributed by atoms with E-state index < -0.39 is 0 Å². The van der Waals surface area contributed by atoms with Crippen LogP contribution in [-0.4, -0.2) is 11.2 Å². The van der Waals surface area contributed by atoms with Gasteiger partial charge in [0.25, 0.3) is 0 Å². The van der Waals surface area contributed by atoms with Crippen LogP contribution in [0.2, 0.25) is 0 Å². The Morgan fingerprint density at radius 2 is 1.44 bits per heavy atom. The van der Waals surface area contributed by atoms with Crippen LogP contribution >= 0.6 is 0 Å². The molecular weight excluding hydrogens is 328 g/mol. The summed E-state index contributed by atoms with van der Waals surface area (Å²) >= 11 is 0. The maximum Gasteiger partial charge on any atom is 0.0820 e. The normalized spacial score (nSPS) is 11.7. The largest absolute Gasteiger partial charge is 0.254 e. The van der Waals surface area contributed by atoms with E-state index in [1.54, 1.807) is 0 Å². The molecule has 0 N–H and O–H groups in total. The van der Waals surface area contributed by atoms with E-state index >= 15 is 0 Å².